The van der Waals surface area contributed by atoms with Gasteiger partial charge in [-0.05, 0) is 23.3 Å². The van der Waals surface area contributed by atoms with Gasteiger partial charge in [-0.1, -0.05) is 6.92 Å². The molecule has 5 heteroatoms. The second kappa shape index (κ2) is 3.83. The van der Waals surface area contributed by atoms with Crippen LogP contribution >= 0.6 is 0 Å². The molecule has 72 valence electrons. The van der Waals surface area contributed by atoms with Crippen LogP contribution in [0.2, 0.25) is 0 Å². The first-order valence-electron chi connectivity index (χ1n) is 4.76. The van der Waals surface area contributed by atoms with E-state index in [1.165, 1.54) is 0 Å². The fourth-order valence-corrected chi connectivity index (χ4v) is 1.60. The fourth-order valence-electron chi connectivity index (χ4n) is 1.60. The molecule has 5 nitrogen and oxygen atoms in total. The fraction of sp³-hybridized carbons (Fsp3) is 0.875. The monoisotopic (exact) mass is 182 g/mol. The number of aromatic nitrogens is 4. The Kier molecular flexibility index (Phi) is 2.54. The summed E-state index contributed by atoms with van der Waals surface area (Å²) in [6, 6.07) is 0.358. The van der Waals surface area contributed by atoms with Crippen LogP contribution in [0.3, 0.4) is 0 Å². The van der Waals surface area contributed by atoms with Gasteiger partial charge >= 0.3 is 0 Å². The van der Waals surface area contributed by atoms with Crippen molar-refractivity contribution in [3.8, 4) is 0 Å². The third kappa shape index (κ3) is 1.70. The molecule has 0 spiro atoms. The van der Waals surface area contributed by atoms with Crippen molar-refractivity contribution in [2.75, 3.05) is 13.2 Å². The maximum Gasteiger partial charge on any atom is 0.151 e. The molecule has 13 heavy (non-hydrogen) atoms. The van der Waals surface area contributed by atoms with E-state index < -0.39 is 0 Å². The SMILES string of the molecule is CCCc1nnnn1C1CCOC1. The summed E-state index contributed by atoms with van der Waals surface area (Å²) in [6.07, 6.45) is 3.05. The summed E-state index contributed by atoms with van der Waals surface area (Å²) in [4.78, 5) is 0. The molecule has 0 aliphatic carbocycles. The highest BCUT2D eigenvalue weighted by Gasteiger charge is 2.21. The minimum absolute atomic E-state index is 0.358. The summed E-state index contributed by atoms with van der Waals surface area (Å²) in [5.74, 6) is 0.984. The summed E-state index contributed by atoms with van der Waals surface area (Å²) in [7, 11) is 0. The summed E-state index contributed by atoms with van der Waals surface area (Å²) < 4.78 is 7.21. The lowest BCUT2D eigenvalue weighted by atomic mass is 10.2. The van der Waals surface area contributed by atoms with Gasteiger partial charge < -0.3 is 4.74 Å². The molecule has 0 saturated carbocycles. The molecule has 0 aromatic carbocycles. The highest BCUT2D eigenvalue weighted by Crippen LogP contribution is 2.18. The summed E-state index contributed by atoms with van der Waals surface area (Å²) >= 11 is 0. The van der Waals surface area contributed by atoms with Crippen LogP contribution in [-0.2, 0) is 11.2 Å². The Bertz CT molecular complexity index is 267. The van der Waals surface area contributed by atoms with Crippen LogP contribution in [0, 0.1) is 0 Å². The predicted octanol–water partition coefficient (Wildman–Crippen LogP) is 0.587. The van der Waals surface area contributed by atoms with Crippen molar-refractivity contribution in [1.82, 2.24) is 20.2 Å². The molecule has 2 rings (SSSR count). The van der Waals surface area contributed by atoms with Crippen LogP contribution in [0.15, 0.2) is 0 Å². The largest absolute Gasteiger partial charge is 0.379 e. The number of nitrogens with zero attached hydrogens (tertiary/aromatic N) is 4. The molecular formula is C8H14N4O. The average Bonchev–Trinajstić information content (AvgIpc) is 2.71. The first-order chi connectivity index (χ1) is 6.42. The van der Waals surface area contributed by atoms with Crippen LogP contribution in [0.5, 0.6) is 0 Å². The van der Waals surface area contributed by atoms with E-state index in [1.54, 1.807) is 0 Å². The van der Waals surface area contributed by atoms with E-state index in [-0.39, 0.29) is 0 Å². The van der Waals surface area contributed by atoms with Crippen molar-refractivity contribution in [2.24, 2.45) is 0 Å². The van der Waals surface area contributed by atoms with Gasteiger partial charge in [0.2, 0.25) is 0 Å². The van der Waals surface area contributed by atoms with Crippen LogP contribution in [0.25, 0.3) is 0 Å². The standard InChI is InChI=1S/C8H14N4O/c1-2-3-8-9-10-11-12(8)7-4-5-13-6-7/h7H,2-6H2,1H3. The molecule has 1 aromatic heterocycles. The number of ether oxygens (including phenoxy) is 1. The van der Waals surface area contributed by atoms with Crippen molar-refractivity contribution in [2.45, 2.75) is 32.2 Å². The van der Waals surface area contributed by atoms with Crippen molar-refractivity contribution in [3.05, 3.63) is 5.82 Å². The Morgan fingerprint density at radius 2 is 2.54 bits per heavy atom. The Labute approximate surface area is 77.1 Å². The molecule has 1 atom stereocenters. The van der Waals surface area contributed by atoms with Crippen LogP contribution in [-0.4, -0.2) is 33.4 Å². The molecule has 0 N–H and O–H groups in total. The molecule has 1 saturated heterocycles. The molecule has 1 aliphatic heterocycles. The van der Waals surface area contributed by atoms with Gasteiger partial charge in [-0.2, -0.15) is 0 Å². The molecule has 1 fully saturated rings. The number of tetrazole rings is 1. The van der Waals surface area contributed by atoms with Gasteiger partial charge in [0.05, 0.1) is 12.6 Å². The zero-order chi connectivity index (χ0) is 9.10. The molecule has 1 aliphatic rings. The lowest BCUT2D eigenvalue weighted by Gasteiger charge is -2.08. The van der Waals surface area contributed by atoms with E-state index in [1.807, 2.05) is 4.68 Å². The lowest BCUT2D eigenvalue weighted by molar-refractivity contribution is 0.183. The third-order valence-corrected chi connectivity index (χ3v) is 2.29. The van der Waals surface area contributed by atoms with E-state index in [0.29, 0.717) is 6.04 Å². The molecule has 2 heterocycles. The minimum atomic E-state index is 0.358. The van der Waals surface area contributed by atoms with Crippen molar-refractivity contribution < 1.29 is 4.74 Å². The first-order valence-corrected chi connectivity index (χ1v) is 4.76. The maximum atomic E-state index is 5.30. The number of aryl methyl sites for hydroxylation is 1. The second-order valence-corrected chi connectivity index (χ2v) is 3.31. The Morgan fingerprint density at radius 3 is 3.23 bits per heavy atom. The second-order valence-electron chi connectivity index (χ2n) is 3.31. The van der Waals surface area contributed by atoms with Crippen LogP contribution in [0.4, 0.5) is 0 Å². The Hall–Kier alpha value is -0.970. The zero-order valence-corrected chi connectivity index (χ0v) is 7.81. The average molecular weight is 182 g/mol. The molecule has 0 bridgehead atoms. The van der Waals surface area contributed by atoms with Gasteiger partial charge in [0.15, 0.2) is 5.82 Å². The van der Waals surface area contributed by atoms with E-state index in [0.717, 1.165) is 38.3 Å². The van der Waals surface area contributed by atoms with Gasteiger partial charge in [0, 0.05) is 13.0 Å². The maximum absolute atomic E-state index is 5.30. The van der Waals surface area contributed by atoms with Gasteiger partial charge in [0.25, 0.3) is 0 Å². The van der Waals surface area contributed by atoms with Crippen molar-refractivity contribution in [1.29, 1.82) is 0 Å². The molecule has 1 aromatic rings. The summed E-state index contributed by atoms with van der Waals surface area (Å²) in [5, 5.41) is 11.7. The van der Waals surface area contributed by atoms with Gasteiger partial charge in [-0.3, -0.25) is 0 Å². The van der Waals surface area contributed by atoms with Gasteiger partial charge in [-0.25, -0.2) is 4.68 Å². The number of rotatable bonds is 3. The normalized spacial score (nSPS) is 22.4. The molecular weight excluding hydrogens is 168 g/mol. The van der Waals surface area contributed by atoms with Crippen molar-refractivity contribution in [3.63, 3.8) is 0 Å². The van der Waals surface area contributed by atoms with Gasteiger partial charge in [0.1, 0.15) is 0 Å². The third-order valence-electron chi connectivity index (χ3n) is 2.29. The molecule has 0 amide bonds. The smallest absolute Gasteiger partial charge is 0.151 e. The number of hydrogen-bond donors (Lipinski definition) is 0. The zero-order valence-electron chi connectivity index (χ0n) is 7.81. The topological polar surface area (TPSA) is 52.8 Å². The van der Waals surface area contributed by atoms with Crippen LogP contribution in [0.1, 0.15) is 31.6 Å². The van der Waals surface area contributed by atoms with E-state index in [4.69, 9.17) is 4.74 Å². The van der Waals surface area contributed by atoms with Crippen molar-refractivity contribution >= 4 is 0 Å². The Balaban J connectivity index is 2.13. The highest BCUT2D eigenvalue weighted by molar-refractivity contribution is 4.85. The minimum Gasteiger partial charge on any atom is -0.379 e. The lowest BCUT2D eigenvalue weighted by Crippen LogP contribution is -2.14. The quantitative estimate of drug-likeness (QED) is 0.686. The first kappa shape index (κ1) is 8.62. The number of hydrogen-bond acceptors (Lipinski definition) is 4. The summed E-state index contributed by atoms with van der Waals surface area (Å²) in [6.45, 7) is 3.71. The molecule has 1 unspecified atom stereocenters. The molecule has 0 radical (unpaired) electrons. The van der Waals surface area contributed by atoms with E-state index in [2.05, 4.69) is 22.4 Å². The predicted molar refractivity (Wildman–Crippen MR) is 46.3 cm³/mol. The van der Waals surface area contributed by atoms with Crippen LogP contribution < -0.4 is 0 Å². The van der Waals surface area contributed by atoms with E-state index in [9.17, 15) is 0 Å². The summed E-state index contributed by atoms with van der Waals surface area (Å²) in [5.41, 5.74) is 0. The Morgan fingerprint density at radius 1 is 1.62 bits per heavy atom. The highest BCUT2D eigenvalue weighted by atomic mass is 16.5. The van der Waals surface area contributed by atoms with E-state index >= 15 is 0 Å². The van der Waals surface area contributed by atoms with Gasteiger partial charge in [-0.15, -0.1) is 5.10 Å².